The number of hydrogen-bond acceptors (Lipinski definition) is 7. The zero-order valence-electron chi connectivity index (χ0n) is 18.8. The Kier molecular flexibility index (Phi) is 5.38. The van der Waals surface area contributed by atoms with Crippen molar-refractivity contribution < 1.29 is 14.3 Å². The van der Waals surface area contributed by atoms with Crippen LogP contribution in [0.3, 0.4) is 0 Å². The number of fused-ring (bicyclic) bond motifs is 1. The summed E-state index contributed by atoms with van der Waals surface area (Å²) in [7, 11) is 3.06. The fourth-order valence-electron chi connectivity index (χ4n) is 3.68. The average Bonchev–Trinajstić information content (AvgIpc) is 3.47. The molecule has 0 aliphatic heterocycles. The lowest BCUT2D eigenvalue weighted by atomic mass is 10.1. The summed E-state index contributed by atoms with van der Waals surface area (Å²) in [6.07, 6.45) is 3.14. The smallest absolute Gasteiger partial charge is 0.260 e. The molecule has 2 aromatic carbocycles. The van der Waals surface area contributed by atoms with E-state index in [1.807, 2.05) is 37.3 Å². The van der Waals surface area contributed by atoms with Gasteiger partial charge < -0.3 is 14.8 Å². The number of nitrogens with one attached hydrogen (secondary N) is 1. The number of benzene rings is 2. The maximum Gasteiger partial charge on any atom is 0.260 e. The molecule has 0 bridgehead atoms. The van der Waals surface area contributed by atoms with Crippen molar-refractivity contribution in [3.05, 3.63) is 78.4 Å². The quantitative estimate of drug-likeness (QED) is 0.417. The highest BCUT2D eigenvalue weighted by Gasteiger charge is 2.20. The van der Waals surface area contributed by atoms with Crippen LogP contribution >= 0.6 is 0 Å². The van der Waals surface area contributed by atoms with Gasteiger partial charge >= 0.3 is 0 Å². The van der Waals surface area contributed by atoms with Gasteiger partial charge in [0, 0.05) is 12.1 Å². The number of nitrogens with zero attached hydrogens (tertiary/aromatic N) is 6. The molecule has 1 N–H and O–H groups in total. The Morgan fingerprint density at radius 2 is 1.79 bits per heavy atom. The van der Waals surface area contributed by atoms with Gasteiger partial charge in [-0.15, -0.1) is 0 Å². The molecular formula is C24H21N7O3. The lowest BCUT2D eigenvalue weighted by Crippen LogP contribution is -2.16. The third kappa shape index (κ3) is 3.71. The third-order valence-corrected chi connectivity index (χ3v) is 5.27. The first-order valence-corrected chi connectivity index (χ1v) is 10.4. The summed E-state index contributed by atoms with van der Waals surface area (Å²) in [4.78, 5) is 22.0. The molecule has 10 heteroatoms. The zero-order valence-corrected chi connectivity index (χ0v) is 18.8. The molecule has 5 rings (SSSR count). The molecule has 0 radical (unpaired) electrons. The number of carbonyl (C=O) groups excluding carboxylic acids is 1. The van der Waals surface area contributed by atoms with Crippen molar-refractivity contribution in [1.29, 1.82) is 0 Å². The molecule has 0 aliphatic rings. The number of anilines is 1. The summed E-state index contributed by atoms with van der Waals surface area (Å²) in [5.74, 6) is 1.58. The molecule has 10 nitrogen and oxygen atoms in total. The van der Waals surface area contributed by atoms with Gasteiger partial charge in [0.15, 0.2) is 11.5 Å². The molecule has 0 atom stereocenters. The number of para-hydroxylation sites is 1. The molecule has 170 valence electrons. The van der Waals surface area contributed by atoms with E-state index in [0.29, 0.717) is 45.4 Å². The van der Waals surface area contributed by atoms with Gasteiger partial charge in [-0.3, -0.25) is 4.79 Å². The summed E-state index contributed by atoms with van der Waals surface area (Å²) in [5, 5.41) is 12.6. The molecule has 0 saturated carbocycles. The molecule has 3 heterocycles. The maximum atomic E-state index is 13.1. The van der Waals surface area contributed by atoms with Crippen LogP contribution in [0.15, 0.2) is 67.1 Å². The first kappa shape index (κ1) is 21.1. The third-order valence-electron chi connectivity index (χ3n) is 5.27. The second kappa shape index (κ2) is 8.66. The number of carbonyl (C=O) groups is 1. The topological polar surface area (TPSA) is 109 Å². The van der Waals surface area contributed by atoms with Crippen LogP contribution in [-0.2, 0) is 0 Å². The van der Waals surface area contributed by atoms with E-state index in [9.17, 15) is 4.79 Å². The SMILES string of the molecule is COc1ccc(C(=O)Nc2cc(C)nn2-c2ncnc3c2cnn3-c2ccccc2)c(OC)c1. The Bertz CT molecular complexity index is 1490. The molecule has 1 amide bonds. The van der Waals surface area contributed by atoms with Crippen LogP contribution in [-0.4, -0.2) is 49.7 Å². The van der Waals surface area contributed by atoms with Crippen molar-refractivity contribution in [2.75, 3.05) is 19.5 Å². The molecule has 5 aromatic rings. The number of aryl methyl sites for hydroxylation is 1. The van der Waals surface area contributed by atoms with Gasteiger partial charge in [-0.1, -0.05) is 18.2 Å². The normalized spacial score (nSPS) is 10.9. The lowest BCUT2D eigenvalue weighted by molar-refractivity contribution is 0.102. The fourth-order valence-corrected chi connectivity index (χ4v) is 3.68. The second-order valence-corrected chi connectivity index (χ2v) is 7.43. The number of rotatable bonds is 6. The number of ether oxygens (including phenoxy) is 2. The van der Waals surface area contributed by atoms with Crippen LogP contribution in [0.4, 0.5) is 5.82 Å². The summed E-state index contributed by atoms with van der Waals surface area (Å²) >= 11 is 0. The number of hydrogen-bond donors (Lipinski definition) is 1. The molecule has 0 spiro atoms. The van der Waals surface area contributed by atoms with E-state index in [1.165, 1.54) is 13.4 Å². The van der Waals surface area contributed by atoms with Crippen LogP contribution in [0, 0.1) is 6.92 Å². The summed E-state index contributed by atoms with van der Waals surface area (Å²) in [5.41, 5.74) is 2.56. The van der Waals surface area contributed by atoms with E-state index in [-0.39, 0.29) is 5.91 Å². The maximum absolute atomic E-state index is 13.1. The van der Waals surface area contributed by atoms with Gasteiger partial charge in [0.2, 0.25) is 0 Å². The number of aromatic nitrogens is 6. The largest absolute Gasteiger partial charge is 0.497 e. The summed E-state index contributed by atoms with van der Waals surface area (Å²) in [6, 6.07) is 16.5. The van der Waals surface area contributed by atoms with Crippen LogP contribution in [0.5, 0.6) is 11.5 Å². The Hall–Kier alpha value is -4.73. The van der Waals surface area contributed by atoms with E-state index < -0.39 is 0 Å². The Morgan fingerprint density at radius 1 is 0.971 bits per heavy atom. The van der Waals surface area contributed by atoms with Crippen molar-refractivity contribution in [3.63, 3.8) is 0 Å². The van der Waals surface area contributed by atoms with E-state index in [4.69, 9.17) is 9.47 Å². The minimum Gasteiger partial charge on any atom is -0.497 e. The Balaban J connectivity index is 1.54. The monoisotopic (exact) mass is 455 g/mol. The summed E-state index contributed by atoms with van der Waals surface area (Å²) < 4.78 is 13.9. The highest BCUT2D eigenvalue weighted by Crippen LogP contribution is 2.27. The van der Waals surface area contributed by atoms with E-state index in [1.54, 1.807) is 46.9 Å². The summed E-state index contributed by atoms with van der Waals surface area (Å²) in [6.45, 7) is 1.84. The second-order valence-electron chi connectivity index (χ2n) is 7.43. The first-order valence-electron chi connectivity index (χ1n) is 10.4. The lowest BCUT2D eigenvalue weighted by Gasteiger charge is -2.12. The molecule has 0 unspecified atom stereocenters. The fraction of sp³-hybridized carbons (Fsp3) is 0.125. The van der Waals surface area contributed by atoms with Crippen molar-refractivity contribution in [2.45, 2.75) is 6.92 Å². The number of methoxy groups -OCH3 is 2. The van der Waals surface area contributed by atoms with E-state index in [2.05, 4.69) is 25.5 Å². The molecule has 3 aromatic heterocycles. The van der Waals surface area contributed by atoms with Gasteiger partial charge in [-0.25, -0.2) is 14.6 Å². The predicted octanol–water partition coefficient (Wildman–Crippen LogP) is 3.58. The average molecular weight is 455 g/mol. The molecule has 0 saturated heterocycles. The van der Waals surface area contributed by atoms with Crippen LogP contribution in [0.2, 0.25) is 0 Å². The van der Waals surface area contributed by atoms with Gasteiger partial charge in [-0.05, 0) is 31.2 Å². The van der Waals surface area contributed by atoms with Gasteiger partial charge in [0.1, 0.15) is 23.6 Å². The van der Waals surface area contributed by atoms with Crippen LogP contribution in [0.1, 0.15) is 16.1 Å². The molecular weight excluding hydrogens is 434 g/mol. The minimum absolute atomic E-state index is 0.356. The van der Waals surface area contributed by atoms with Crippen LogP contribution in [0.25, 0.3) is 22.5 Å². The van der Waals surface area contributed by atoms with Gasteiger partial charge in [-0.2, -0.15) is 14.9 Å². The molecule has 0 aliphatic carbocycles. The van der Waals surface area contributed by atoms with Crippen molar-refractivity contribution in [3.8, 4) is 23.0 Å². The van der Waals surface area contributed by atoms with Crippen molar-refractivity contribution in [2.24, 2.45) is 0 Å². The first-order chi connectivity index (χ1) is 16.6. The zero-order chi connectivity index (χ0) is 23.7. The van der Waals surface area contributed by atoms with E-state index >= 15 is 0 Å². The van der Waals surface area contributed by atoms with Crippen LogP contribution < -0.4 is 14.8 Å². The molecule has 0 fully saturated rings. The number of amides is 1. The Morgan fingerprint density at radius 3 is 2.56 bits per heavy atom. The highest BCUT2D eigenvalue weighted by molar-refractivity contribution is 6.06. The Labute approximate surface area is 194 Å². The van der Waals surface area contributed by atoms with Crippen molar-refractivity contribution >= 4 is 22.8 Å². The van der Waals surface area contributed by atoms with Crippen molar-refractivity contribution in [1.82, 2.24) is 29.5 Å². The van der Waals surface area contributed by atoms with Gasteiger partial charge in [0.05, 0.1) is 42.7 Å². The minimum atomic E-state index is -0.356. The molecule has 34 heavy (non-hydrogen) atoms. The predicted molar refractivity (Wildman–Crippen MR) is 126 cm³/mol. The van der Waals surface area contributed by atoms with Gasteiger partial charge in [0.25, 0.3) is 5.91 Å². The van der Waals surface area contributed by atoms with E-state index in [0.717, 1.165) is 5.69 Å². The standard InChI is InChI=1S/C24H21N7O3/c1-15-11-21(28-24(32)18-10-9-17(33-2)12-20(18)34-3)31(29-15)23-19-13-27-30(22(19)25-14-26-23)16-7-5-4-6-8-16/h4-14H,1-3H3,(H,28,32). The highest BCUT2D eigenvalue weighted by atomic mass is 16.5.